The smallest absolute Gasteiger partial charge is 0.207 e. The van der Waals surface area contributed by atoms with Gasteiger partial charge in [0.15, 0.2) is 0 Å². The Morgan fingerprint density at radius 3 is 2.43 bits per heavy atom. The predicted octanol–water partition coefficient (Wildman–Crippen LogP) is 1.83. The van der Waals surface area contributed by atoms with Gasteiger partial charge in [-0.2, -0.15) is 4.72 Å². The lowest BCUT2D eigenvalue weighted by molar-refractivity contribution is 0.543. The molecule has 9 heteroatoms. The molecule has 1 unspecified atom stereocenters. The summed E-state index contributed by atoms with van der Waals surface area (Å²) in [5, 5.41) is 0. The van der Waals surface area contributed by atoms with Gasteiger partial charge in [-0.1, -0.05) is 19.3 Å². The maximum absolute atomic E-state index is 13.8. The zero-order valence-corrected chi connectivity index (χ0v) is 13.4. The number of sulfonamides is 1. The maximum atomic E-state index is 13.8. The van der Waals surface area contributed by atoms with E-state index in [9.17, 15) is 21.2 Å². The summed E-state index contributed by atoms with van der Waals surface area (Å²) in [6.07, 6.45) is 6.23. The Morgan fingerprint density at radius 1 is 1.38 bits per heavy atom. The molecule has 116 valence electrons. The number of rotatable bonds is 6. The number of benzene rings is 1. The van der Waals surface area contributed by atoms with Crippen LogP contribution in [0.25, 0.3) is 0 Å². The van der Waals surface area contributed by atoms with Crippen LogP contribution in [0.4, 0.5) is 4.39 Å². The van der Waals surface area contributed by atoms with E-state index in [1.807, 2.05) is 6.92 Å². The monoisotopic (exact) mass is 353 g/mol. The molecule has 0 spiro atoms. The molecule has 1 N–H and O–H groups in total. The van der Waals surface area contributed by atoms with E-state index in [-0.39, 0.29) is 0 Å². The number of hydrogen-bond donors (Lipinski definition) is 1. The minimum absolute atomic E-state index is 0.394. The summed E-state index contributed by atoms with van der Waals surface area (Å²) in [7, 11) is -3.27. The van der Waals surface area contributed by atoms with Crippen molar-refractivity contribution in [2.75, 3.05) is 0 Å². The van der Waals surface area contributed by atoms with E-state index in [0.29, 0.717) is 18.9 Å². The molecule has 0 aliphatic heterocycles. The van der Waals surface area contributed by atoms with Crippen LogP contribution in [0.2, 0.25) is 0 Å². The van der Waals surface area contributed by atoms with Crippen LogP contribution in [0, 0.1) is 18.2 Å². The van der Waals surface area contributed by atoms with Crippen molar-refractivity contribution in [1.29, 1.82) is 0 Å². The van der Waals surface area contributed by atoms with Crippen LogP contribution in [-0.2, 0) is 19.1 Å². The Kier molecular flexibility index (Phi) is 5.75. The molecular formula is C12H13ClFNO4S2. The average Bonchev–Trinajstić information content (AvgIpc) is 2.36. The fourth-order valence-corrected chi connectivity index (χ4v) is 3.58. The fourth-order valence-electron chi connectivity index (χ4n) is 1.57. The van der Waals surface area contributed by atoms with Crippen LogP contribution in [0.5, 0.6) is 0 Å². The molecular weight excluding hydrogens is 341 g/mol. The van der Waals surface area contributed by atoms with Gasteiger partial charge in [-0.15, -0.1) is 6.42 Å². The average molecular weight is 354 g/mol. The SMILES string of the molecule is C#CC(CCC)NS(=O)(=O)c1ccc(S(=O)(=O)Cl)cc1F. The van der Waals surface area contributed by atoms with E-state index in [0.717, 1.165) is 12.1 Å². The van der Waals surface area contributed by atoms with Crippen molar-refractivity contribution in [3.8, 4) is 12.3 Å². The first-order chi connectivity index (χ1) is 9.61. The van der Waals surface area contributed by atoms with Crippen molar-refractivity contribution in [1.82, 2.24) is 4.72 Å². The molecule has 0 saturated heterocycles. The second-order valence-corrected chi connectivity index (χ2v) is 8.41. The number of halogens is 2. The van der Waals surface area contributed by atoms with E-state index in [1.54, 1.807) is 0 Å². The molecule has 0 fully saturated rings. The van der Waals surface area contributed by atoms with Gasteiger partial charge in [-0.3, -0.25) is 0 Å². The van der Waals surface area contributed by atoms with E-state index in [2.05, 4.69) is 10.6 Å². The van der Waals surface area contributed by atoms with Crippen LogP contribution < -0.4 is 4.72 Å². The Balaban J connectivity index is 3.19. The van der Waals surface area contributed by atoms with E-state index >= 15 is 0 Å². The summed E-state index contributed by atoms with van der Waals surface area (Å²) < 4.78 is 62.2. The van der Waals surface area contributed by atoms with E-state index in [4.69, 9.17) is 17.1 Å². The first-order valence-corrected chi connectivity index (χ1v) is 9.63. The topological polar surface area (TPSA) is 80.3 Å². The highest BCUT2D eigenvalue weighted by Gasteiger charge is 2.24. The van der Waals surface area contributed by atoms with Crippen molar-refractivity contribution in [2.24, 2.45) is 0 Å². The molecule has 1 rings (SSSR count). The van der Waals surface area contributed by atoms with Gasteiger partial charge >= 0.3 is 0 Å². The van der Waals surface area contributed by atoms with Crippen molar-refractivity contribution in [2.45, 2.75) is 35.6 Å². The number of hydrogen-bond acceptors (Lipinski definition) is 4. The van der Waals surface area contributed by atoms with Gasteiger partial charge in [-0.25, -0.2) is 21.2 Å². The molecule has 0 amide bonds. The Hall–Kier alpha value is -1.14. The minimum Gasteiger partial charge on any atom is -0.207 e. The predicted molar refractivity (Wildman–Crippen MR) is 77.3 cm³/mol. The summed E-state index contributed by atoms with van der Waals surface area (Å²) in [5.74, 6) is 1.03. The lowest BCUT2D eigenvalue weighted by Gasteiger charge is -2.13. The van der Waals surface area contributed by atoms with Gasteiger partial charge in [0.05, 0.1) is 10.9 Å². The van der Waals surface area contributed by atoms with E-state index < -0.39 is 40.7 Å². The Morgan fingerprint density at radius 2 is 2.00 bits per heavy atom. The fraction of sp³-hybridized carbons (Fsp3) is 0.333. The summed E-state index contributed by atoms with van der Waals surface area (Å²) in [4.78, 5) is -1.22. The van der Waals surface area contributed by atoms with Gasteiger partial charge in [0.1, 0.15) is 10.7 Å². The second-order valence-electron chi connectivity index (χ2n) is 4.16. The molecule has 0 aliphatic rings. The number of terminal acetylenes is 1. The first-order valence-electron chi connectivity index (χ1n) is 5.84. The van der Waals surface area contributed by atoms with Gasteiger partial charge in [0.25, 0.3) is 9.05 Å². The highest BCUT2D eigenvalue weighted by atomic mass is 35.7. The van der Waals surface area contributed by atoms with Gasteiger partial charge in [0, 0.05) is 10.7 Å². The minimum atomic E-state index is -4.19. The van der Waals surface area contributed by atoms with Gasteiger partial charge < -0.3 is 0 Å². The standard InChI is InChI=1S/C12H13ClFNO4S2/c1-3-5-9(4-2)15-21(18,19)12-7-6-10(8-11(12)14)20(13,16)17/h2,6-9,15H,3,5H2,1H3. The third-order valence-corrected chi connectivity index (χ3v) is 5.41. The molecule has 0 aromatic heterocycles. The van der Waals surface area contributed by atoms with Crippen LogP contribution in [-0.4, -0.2) is 22.9 Å². The summed E-state index contributed by atoms with van der Waals surface area (Å²) in [5.41, 5.74) is 0. The quantitative estimate of drug-likeness (QED) is 0.625. The molecule has 0 saturated carbocycles. The van der Waals surface area contributed by atoms with Crippen LogP contribution >= 0.6 is 10.7 Å². The zero-order valence-electron chi connectivity index (χ0n) is 11.0. The molecule has 0 bridgehead atoms. The first kappa shape index (κ1) is 17.9. The van der Waals surface area contributed by atoms with Crippen LogP contribution in [0.15, 0.2) is 28.0 Å². The second kappa shape index (κ2) is 6.75. The largest absolute Gasteiger partial charge is 0.261 e. The van der Waals surface area contributed by atoms with Crippen molar-refractivity contribution >= 4 is 29.8 Å². The molecule has 1 atom stereocenters. The van der Waals surface area contributed by atoms with Crippen LogP contribution in [0.1, 0.15) is 19.8 Å². The van der Waals surface area contributed by atoms with Crippen molar-refractivity contribution < 1.29 is 21.2 Å². The molecule has 1 aromatic carbocycles. The highest BCUT2D eigenvalue weighted by molar-refractivity contribution is 8.13. The summed E-state index contributed by atoms with van der Waals surface area (Å²) >= 11 is 0. The number of nitrogens with one attached hydrogen (secondary N) is 1. The Labute approximate surface area is 128 Å². The molecule has 5 nitrogen and oxygen atoms in total. The maximum Gasteiger partial charge on any atom is 0.261 e. The summed E-state index contributed by atoms with van der Waals surface area (Å²) in [6, 6.07) is 1.51. The molecule has 0 radical (unpaired) electrons. The molecule has 0 heterocycles. The molecule has 1 aromatic rings. The lowest BCUT2D eigenvalue weighted by atomic mass is 10.2. The normalized spacial score (nSPS) is 13.6. The molecule has 21 heavy (non-hydrogen) atoms. The van der Waals surface area contributed by atoms with Gasteiger partial charge in [0.2, 0.25) is 10.0 Å². The highest BCUT2D eigenvalue weighted by Crippen LogP contribution is 2.21. The third-order valence-electron chi connectivity index (χ3n) is 2.55. The Bertz CT molecular complexity index is 769. The van der Waals surface area contributed by atoms with Crippen LogP contribution in [0.3, 0.4) is 0 Å². The zero-order chi connectivity index (χ0) is 16.3. The molecule has 0 aliphatic carbocycles. The lowest BCUT2D eigenvalue weighted by Crippen LogP contribution is -2.34. The van der Waals surface area contributed by atoms with E-state index in [1.165, 1.54) is 0 Å². The van der Waals surface area contributed by atoms with Crippen molar-refractivity contribution in [3.05, 3.63) is 24.0 Å². The van der Waals surface area contributed by atoms with Gasteiger partial charge in [-0.05, 0) is 24.6 Å². The van der Waals surface area contributed by atoms with Crippen molar-refractivity contribution in [3.63, 3.8) is 0 Å². The third kappa shape index (κ3) is 4.68. The summed E-state index contributed by atoms with van der Waals surface area (Å²) in [6.45, 7) is 1.82.